The van der Waals surface area contributed by atoms with Gasteiger partial charge in [-0.1, -0.05) is 37.8 Å². The first-order chi connectivity index (χ1) is 6.52. The number of hydrogen-bond acceptors (Lipinski definition) is 1. The second-order valence-electron chi connectivity index (χ2n) is 4.90. The molecule has 0 spiro atoms. The van der Waals surface area contributed by atoms with Crippen molar-refractivity contribution < 1.29 is 0 Å². The third kappa shape index (κ3) is 7.33. The normalized spacial score (nSPS) is 13.0. The Kier molecular flexibility index (Phi) is 7.20. The first kappa shape index (κ1) is 13.9. The largest absolute Gasteiger partial charge is 0.306 e. The average Bonchev–Trinajstić information content (AvgIpc) is 2.03. The van der Waals surface area contributed by atoms with Gasteiger partial charge in [0.2, 0.25) is 0 Å². The molecule has 14 heavy (non-hydrogen) atoms. The fourth-order valence-corrected chi connectivity index (χ4v) is 3.97. The molecule has 0 saturated heterocycles. The number of rotatable bonds is 7. The summed E-state index contributed by atoms with van der Waals surface area (Å²) in [7, 11) is 1.23. The van der Waals surface area contributed by atoms with Crippen molar-refractivity contribution in [1.29, 1.82) is 0 Å². The highest BCUT2D eigenvalue weighted by atomic mass is 28.3. The van der Waals surface area contributed by atoms with Crippen molar-refractivity contribution in [3.8, 4) is 0 Å². The molecule has 0 aliphatic heterocycles. The maximum Gasteiger partial charge on any atom is 0.0713 e. The van der Waals surface area contributed by atoms with Crippen LogP contribution in [0, 0.1) is 0 Å². The highest BCUT2D eigenvalue weighted by Crippen LogP contribution is 2.13. The Morgan fingerprint density at radius 3 is 2.36 bits per heavy atom. The van der Waals surface area contributed by atoms with Gasteiger partial charge in [-0.15, -0.1) is 0 Å². The summed E-state index contributed by atoms with van der Waals surface area (Å²) in [6.45, 7) is 11.8. The van der Waals surface area contributed by atoms with Crippen molar-refractivity contribution in [1.82, 2.24) is 4.90 Å². The summed E-state index contributed by atoms with van der Waals surface area (Å²) in [6, 6.07) is 1.42. The molecular weight excluding hydrogens is 186 g/mol. The monoisotopic (exact) mass is 213 g/mol. The molecule has 0 aromatic carbocycles. The van der Waals surface area contributed by atoms with E-state index < -0.39 is 8.07 Å². The van der Waals surface area contributed by atoms with Crippen LogP contribution in [0.3, 0.4) is 0 Å². The van der Waals surface area contributed by atoms with Crippen LogP contribution >= 0.6 is 0 Å². The minimum absolute atomic E-state index is 1.00. The summed E-state index contributed by atoms with van der Waals surface area (Å²) >= 11 is 0. The van der Waals surface area contributed by atoms with Crippen LogP contribution in [0.5, 0.6) is 0 Å². The van der Waals surface area contributed by atoms with E-state index in [-0.39, 0.29) is 0 Å². The zero-order chi connectivity index (χ0) is 11.0. The molecule has 0 heterocycles. The van der Waals surface area contributed by atoms with Crippen LogP contribution in [0.1, 0.15) is 26.7 Å². The standard InChI is InChI=1S/C12H27NSi/c1-6-9-13(3)10-8-12-14(4,5)11-7-2/h7,11H,6,8-10,12H2,1-5H3. The van der Waals surface area contributed by atoms with Crippen molar-refractivity contribution >= 4 is 8.07 Å². The lowest BCUT2D eigenvalue weighted by molar-refractivity contribution is 0.335. The molecule has 0 rings (SSSR count). The molecule has 2 heteroatoms. The highest BCUT2D eigenvalue weighted by molar-refractivity contribution is 6.82. The van der Waals surface area contributed by atoms with E-state index in [0.717, 1.165) is 0 Å². The molecule has 0 atom stereocenters. The van der Waals surface area contributed by atoms with E-state index in [1.54, 1.807) is 0 Å². The Hall–Kier alpha value is -0.0831. The Bertz CT molecular complexity index is 164. The van der Waals surface area contributed by atoms with E-state index in [9.17, 15) is 0 Å². The number of nitrogens with zero attached hydrogens (tertiary/aromatic N) is 1. The molecule has 0 fully saturated rings. The van der Waals surface area contributed by atoms with Crippen molar-refractivity contribution in [3.05, 3.63) is 11.8 Å². The minimum atomic E-state index is -1.00. The zero-order valence-electron chi connectivity index (χ0n) is 10.6. The van der Waals surface area contributed by atoms with Gasteiger partial charge in [0, 0.05) is 0 Å². The number of allylic oxidation sites excluding steroid dienone is 1. The number of hydrogen-bond donors (Lipinski definition) is 0. The second-order valence-corrected chi connectivity index (χ2v) is 9.71. The van der Waals surface area contributed by atoms with Gasteiger partial charge < -0.3 is 4.90 Å². The lowest BCUT2D eigenvalue weighted by atomic mass is 10.4. The fourth-order valence-electron chi connectivity index (χ4n) is 1.83. The van der Waals surface area contributed by atoms with Crippen LogP contribution in [-0.4, -0.2) is 33.1 Å². The predicted molar refractivity (Wildman–Crippen MR) is 69.5 cm³/mol. The Morgan fingerprint density at radius 2 is 1.86 bits per heavy atom. The van der Waals surface area contributed by atoms with Gasteiger partial charge >= 0.3 is 0 Å². The molecule has 0 unspecified atom stereocenters. The molecule has 0 aromatic heterocycles. The lowest BCUT2D eigenvalue weighted by Gasteiger charge is -2.20. The van der Waals surface area contributed by atoms with Crippen molar-refractivity contribution in [2.75, 3.05) is 20.1 Å². The second kappa shape index (κ2) is 7.24. The van der Waals surface area contributed by atoms with Crippen LogP contribution < -0.4 is 0 Å². The van der Waals surface area contributed by atoms with Crippen LogP contribution in [0.25, 0.3) is 0 Å². The molecule has 0 N–H and O–H groups in total. The summed E-state index contributed by atoms with van der Waals surface area (Å²) in [5.74, 6) is 0. The Morgan fingerprint density at radius 1 is 1.21 bits per heavy atom. The Labute approximate surface area is 91.2 Å². The van der Waals surface area contributed by atoms with E-state index in [1.807, 2.05) is 0 Å². The van der Waals surface area contributed by atoms with Gasteiger partial charge in [0.1, 0.15) is 0 Å². The molecule has 0 radical (unpaired) electrons. The van der Waals surface area contributed by atoms with Crippen LogP contribution in [0.2, 0.25) is 19.1 Å². The minimum Gasteiger partial charge on any atom is -0.306 e. The van der Waals surface area contributed by atoms with Gasteiger partial charge in [0.15, 0.2) is 0 Å². The quantitative estimate of drug-likeness (QED) is 0.585. The summed E-state index contributed by atoms with van der Waals surface area (Å²) in [5, 5.41) is 0. The van der Waals surface area contributed by atoms with Crippen LogP contribution in [0.15, 0.2) is 11.8 Å². The molecule has 84 valence electrons. The van der Waals surface area contributed by atoms with Crippen LogP contribution in [0.4, 0.5) is 0 Å². The highest BCUT2D eigenvalue weighted by Gasteiger charge is 2.15. The van der Waals surface area contributed by atoms with Crippen LogP contribution in [-0.2, 0) is 0 Å². The molecule has 0 amide bonds. The average molecular weight is 213 g/mol. The van der Waals surface area contributed by atoms with Gasteiger partial charge in [-0.2, -0.15) is 0 Å². The smallest absolute Gasteiger partial charge is 0.0713 e. The molecule has 0 saturated carbocycles. The fraction of sp³-hybridized carbons (Fsp3) is 0.833. The third-order valence-corrected chi connectivity index (χ3v) is 5.46. The maximum atomic E-state index is 2.45. The van der Waals surface area contributed by atoms with Gasteiger partial charge in [0.05, 0.1) is 8.07 Å². The predicted octanol–water partition coefficient (Wildman–Crippen LogP) is 3.54. The summed E-state index contributed by atoms with van der Waals surface area (Å²) in [4.78, 5) is 2.44. The van der Waals surface area contributed by atoms with Crippen molar-refractivity contribution in [2.45, 2.75) is 45.8 Å². The molecular formula is C12H27NSi. The first-order valence-corrected chi connectivity index (χ1v) is 9.12. The zero-order valence-corrected chi connectivity index (χ0v) is 11.6. The van der Waals surface area contributed by atoms with E-state index in [2.05, 4.69) is 50.7 Å². The van der Waals surface area contributed by atoms with Gasteiger partial charge in [-0.3, -0.25) is 0 Å². The van der Waals surface area contributed by atoms with E-state index in [1.165, 1.54) is 32.0 Å². The lowest BCUT2D eigenvalue weighted by Crippen LogP contribution is -2.26. The Balaban J connectivity index is 3.62. The first-order valence-electron chi connectivity index (χ1n) is 5.84. The molecule has 0 aliphatic carbocycles. The van der Waals surface area contributed by atoms with E-state index in [0.29, 0.717) is 0 Å². The van der Waals surface area contributed by atoms with Crippen molar-refractivity contribution in [2.24, 2.45) is 0 Å². The summed E-state index contributed by atoms with van der Waals surface area (Å²) < 4.78 is 0. The van der Waals surface area contributed by atoms with E-state index >= 15 is 0 Å². The van der Waals surface area contributed by atoms with E-state index in [4.69, 9.17) is 0 Å². The SMILES string of the molecule is CC=C[Si](C)(C)CCCN(C)CCC. The topological polar surface area (TPSA) is 3.24 Å². The van der Waals surface area contributed by atoms with Gasteiger partial charge in [-0.05, 0) is 39.9 Å². The molecule has 0 bridgehead atoms. The third-order valence-electron chi connectivity index (χ3n) is 2.58. The molecule has 1 nitrogen and oxygen atoms in total. The summed E-state index contributed by atoms with van der Waals surface area (Å²) in [6.07, 6.45) is 4.86. The molecule has 0 aliphatic rings. The maximum absolute atomic E-state index is 2.45. The van der Waals surface area contributed by atoms with Gasteiger partial charge in [0.25, 0.3) is 0 Å². The molecule has 0 aromatic rings. The van der Waals surface area contributed by atoms with Crippen molar-refractivity contribution in [3.63, 3.8) is 0 Å². The summed E-state index contributed by atoms with van der Waals surface area (Å²) in [5.41, 5.74) is 2.45. The van der Waals surface area contributed by atoms with Gasteiger partial charge in [-0.25, -0.2) is 0 Å².